The highest BCUT2D eigenvalue weighted by Crippen LogP contribution is 2.38. The molecule has 4 N–H and O–H groups in total. The van der Waals surface area contributed by atoms with Gasteiger partial charge in [-0.1, -0.05) is 0 Å². The van der Waals surface area contributed by atoms with Gasteiger partial charge in [0.2, 0.25) is 0 Å². The van der Waals surface area contributed by atoms with Gasteiger partial charge in [-0.15, -0.1) is 0 Å². The van der Waals surface area contributed by atoms with Crippen molar-refractivity contribution in [2.75, 3.05) is 26.2 Å². The molecule has 0 amide bonds. The molecule has 0 bridgehead atoms. The largest absolute Gasteiger partial charge is 0.506 e. The molecule has 3 heterocycles. The average Bonchev–Trinajstić information content (AvgIpc) is 3.35. The highest BCUT2D eigenvalue weighted by atomic mass is 16.4. The molecule has 1 aliphatic heterocycles. The Bertz CT molecular complexity index is 1280. The lowest BCUT2D eigenvalue weighted by atomic mass is 9.98. The molecule has 1 saturated heterocycles. The maximum Gasteiger partial charge on any atom is 0.345 e. The van der Waals surface area contributed by atoms with E-state index < -0.39 is 22.8 Å². The number of likely N-dealkylation sites (tertiary alicyclic amines) is 1. The van der Waals surface area contributed by atoms with Crippen LogP contribution >= 0.6 is 0 Å². The first-order chi connectivity index (χ1) is 15.9. The molecular formula is C25H30N4O4. The Labute approximate surface area is 191 Å². The van der Waals surface area contributed by atoms with Crippen molar-refractivity contribution in [2.24, 2.45) is 7.05 Å². The van der Waals surface area contributed by atoms with Crippen molar-refractivity contribution < 1.29 is 15.0 Å². The van der Waals surface area contributed by atoms with Crippen LogP contribution < -0.4 is 10.9 Å². The van der Waals surface area contributed by atoms with E-state index in [9.17, 15) is 19.8 Å². The third kappa shape index (κ3) is 3.94. The van der Waals surface area contributed by atoms with Crippen LogP contribution in [0, 0.1) is 0 Å². The SMILES string of the molecule is Cn1c(CNCCN2CCCC2)cc2cc3c(cc21)CCCc1c-3[nH]c(=O)c(C(=O)O)c1O. The number of benzene rings is 1. The number of aryl methyl sites for hydroxylation is 2. The van der Waals surface area contributed by atoms with Crippen LogP contribution in [0.4, 0.5) is 0 Å². The zero-order chi connectivity index (χ0) is 23.1. The van der Waals surface area contributed by atoms with Crippen LogP contribution in [0.5, 0.6) is 5.75 Å². The Kier molecular flexibility index (Phi) is 5.72. The van der Waals surface area contributed by atoms with Crippen molar-refractivity contribution in [3.05, 3.63) is 50.9 Å². The van der Waals surface area contributed by atoms with Gasteiger partial charge >= 0.3 is 5.97 Å². The number of carboxylic acids is 1. The summed E-state index contributed by atoms with van der Waals surface area (Å²) in [4.78, 5) is 29.1. The molecule has 0 spiro atoms. The van der Waals surface area contributed by atoms with E-state index in [1.807, 2.05) is 0 Å². The van der Waals surface area contributed by atoms with Crippen molar-refractivity contribution in [1.82, 2.24) is 19.8 Å². The van der Waals surface area contributed by atoms with Crippen molar-refractivity contribution in [3.63, 3.8) is 0 Å². The fourth-order valence-corrected chi connectivity index (χ4v) is 5.31. The number of aromatic hydroxyl groups is 1. The molecule has 0 unspecified atom stereocenters. The standard InChI is InChI=1S/C25H30N4O4/c1-28-17(14-26-7-10-29-8-2-3-9-29)11-16-12-19-15(13-20(16)28)5-4-6-18-22(19)27-24(31)21(23(18)30)25(32)33/h11-13,26H,2-10,14H2,1H3,(H,32,33)(H2,27,30,31). The molecule has 8 heteroatoms. The van der Waals surface area contributed by atoms with Gasteiger partial charge in [0.1, 0.15) is 5.75 Å². The number of carboxylic acid groups (broad SMARTS) is 1. The molecule has 1 fully saturated rings. The number of H-pyrrole nitrogens is 1. The number of fused-ring (bicyclic) bond motifs is 4. The maximum absolute atomic E-state index is 12.4. The second kappa shape index (κ2) is 8.68. The summed E-state index contributed by atoms with van der Waals surface area (Å²) in [6, 6.07) is 6.37. The van der Waals surface area contributed by atoms with Crippen molar-refractivity contribution in [1.29, 1.82) is 0 Å². The summed E-state index contributed by atoms with van der Waals surface area (Å²) in [5.74, 6) is -1.83. The zero-order valence-corrected chi connectivity index (χ0v) is 18.9. The lowest BCUT2D eigenvalue weighted by molar-refractivity contribution is 0.0691. The van der Waals surface area contributed by atoms with Crippen molar-refractivity contribution in [3.8, 4) is 17.0 Å². The second-order valence-corrected chi connectivity index (χ2v) is 9.18. The van der Waals surface area contributed by atoms with E-state index in [0.29, 0.717) is 17.7 Å². The number of aromatic amines is 1. The molecule has 0 atom stereocenters. The lowest BCUT2D eigenvalue weighted by Crippen LogP contribution is -2.30. The van der Waals surface area contributed by atoms with Crippen LogP contribution in [-0.2, 0) is 26.4 Å². The molecule has 3 aromatic rings. The molecular weight excluding hydrogens is 420 g/mol. The van der Waals surface area contributed by atoms with E-state index in [2.05, 4.69) is 45.0 Å². The molecule has 1 aliphatic carbocycles. The number of nitrogens with zero attached hydrogens (tertiary/aromatic N) is 2. The molecule has 5 rings (SSSR count). The van der Waals surface area contributed by atoms with Gasteiger partial charge in [0, 0.05) is 54.4 Å². The van der Waals surface area contributed by atoms with E-state index in [1.165, 1.54) is 31.6 Å². The van der Waals surface area contributed by atoms with E-state index in [1.54, 1.807) is 0 Å². The number of nitrogens with one attached hydrogen (secondary N) is 2. The number of rotatable bonds is 6. The summed E-state index contributed by atoms with van der Waals surface area (Å²) in [6.45, 7) is 5.21. The molecule has 0 radical (unpaired) electrons. The normalized spacial score (nSPS) is 16.0. The van der Waals surface area contributed by atoms with Crippen LogP contribution in [0.25, 0.3) is 22.2 Å². The summed E-state index contributed by atoms with van der Waals surface area (Å²) < 4.78 is 2.21. The molecule has 1 aromatic carbocycles. The monoisotopic (exact) mass is 450 g/mol. The van der Waals surface area contributed by atoms with Gasteiger partial charge < -0.3 is 30.0 Å². The molecule has 8 nitrogen and oxygen atoms in total. The van der Waals surface area contributed by atoms with Gasteiger partial charge in [0.05, 0.1) is 5.69 Å². The number of pyridine rings is 1. The number of hydrogen-bond donors (Lipinski definition) is 4. The summed E-state index contributed by atoms with van der Waals surface area (Å²) in [5, 5.41) is 24.5. The van der Waals surface area contributed by atoms with E-state index in [4.69, 9.17) is 0 Å². The summed E-state index contributed by atoms with van der Waals surface area (Å²) in [5.41, 5.74) is 3.94. The van der Waals surface area contributed by atoms with Crippen molar-refractivity contribution in [2.45, 2.75) is 38.6 Å². The minimum atomic E-state index is -1.42. The minimum Gasteiger partial charge on any atom is -0.506 e. The molecule has 2 aromatic heterocycles. The Balaban J connectivity index is 1.47. The Morgan fingerprint density at radius 3 is 2.70 bits per heavy atom. The fourth-order valence-electron chi connectivity index (χ4n) is 5.31. The van der Waals surface area contributed by atoms with Gasteiger partial charge in [-0.25, -0.2) is 4.79 Å². The van der Waals surface area contributed by atoms with Crippen LogP contribution in [0.2, 0.25) is 0 Å². The first-order valence-electron chi connectivity index (χ1n) is 11.7. The van der Waals surface area contributed by atoms with E-state index in [0.717, 1.165) is 54.5 Å². The summed E-state index contributed by atoms with van der Waals surface area (Å²) in [7, 11) is 2.07. The van der Waals surface area contributed by atoms with Gasteiger partial charge in [0.15, 0.2) is 5.56 Å². The van der Waals surface area contributed by atoms with E-state index >= 15 is 0 Å². The summed E-state index contributed by atoms with van der Waals surface area (Å²) >= 11 is 0. The van der Waals surface area contributed by atoms with Crippen molar-refractivity contribution >= 4 is 16.9 Å². The average molecular weight is 451 g/mol. The van der Waals surface area contributed by atoms with Crippen LogP contribution in [0.15, 0.2) is 23.0 Å². The molecule has 174 valence electrons. The number of aromatic nitrogens is 2. The highest BCUT2D eigenvalue weighted by Gasteiger charge is 2.26. The van der Waals surface area contributed by atoms with Gasteiger partial charge in [-0.2, -0.15) is 0 Å². The maximum atomic E-state index is 12.4. The first-order valence-corrected chi connectivity index (χ1v) is 11.7. The van der Waals surface area contributed by atoms with Crippen LogP contribution in [0.1, 0.15) is 46.4 Å². The first kappa shape index (κ1) is 21.7. The van der Waals surface area contributed by atoms with Crippen LogP contribution in [0.3, 0.4) is 0 Å². The van der Waals surface area contributed by atoms with Gasteiger partial charge in [0.25, 0.3) is 5.56 Å². The quantitative estimate of drug-likeness (QED) is 0.430. The Morgan fingerprint density at radius 1 is 1.15 bits per heavy atom. The summed E-state index contributed by atoms with van der Waals surface area (Å²) in [6.07, 6.45) is 4.67. The molecule has 2 aliphatic rings. The number of carbonyl (C=O) groups is 1. The van der Waals surface area contributed by atoms with Crippen LogP contribution in [-0.4, -0.2) is 56.8 Å². The fraction of sp³-hybridized carbons (Fsp3) is 0.440. The second-order valence-electron chi connectivity index (χ2n) is 9.18. The van der Waals surface area contributed by atoms with Gasteiger partial charge in [-0.3, -0.25) is 4.79 Å². The smallest absolute Gasteiger partial charge is 0.345 e. The topological polar surface area (TPSA) is 111 Å². The zero-order valence-electron chi connectivity index (χ0n) is 18.9. The number of hydrogen-bond acceptors (Lipinski definition) is 5. The number of aromatic carboxylic acids is 1. The molecule has 33 heavy (non-hydrogen) atoms. The third-order valence-electron chi connectivity index (χ3n) is 7.12. The van der Waals surface area contributed by atoms with Gasteiger partial charge in [-0.05, 0) is 69.0 Å². The van der Waals surface area contributed by atoms with E-state index in [-0.39, 0.29) is 0 Å². The minimum absolute atomic E-state index is 0.412. The predicted octanol–water partition coefficient (Wildman–Crippen LogP) is 2.61. The molecule has 0 saturated carbocycles. The Hall–Kier alpha value is -3.10. The highest BCUT2D eigenvalue weighted by molar-refractivity contribution is 5.93. The predicted molar refractivity (Wildman–Crippen MR) is 127 cm³/mol. The lowest BCUT2D eigenvalue weighted by Gasteiger charge is -2.15. The third-order valence-corrected chi connectivity index (χ3v) is 7.12. The Morgan fingerprint density at radius 2 is 1.94 bits per heavy atom.